The van der Waals surface area contributed by atoms with Gasteiger partial charge in [-0.25, -0.2) is 8.42 Å². The number of sulfone groups is 1. The van der Waals surface area contributed by atoms with Gasteiger partial charge in [-0.1, -0.05) is 18.2 Å². The van der Waals surface area contributed by atoms with Gasteiger partial charge in [0.1, 0.15) is 9.79 Å². The van der Waals surface area contributed by atoms with Crippen molar-refractivity contribution in [1.82, 2.24) is 0 Å². The summed E-state index contributed by atoms with van der Waals surface area (Å²) < 4.78 is 55.7. The molecule has 2 aromatic carbocycles. The Bertz CT molecular complexity index is 888. The third kappa shape index (κ3) is 3.62. The molecule has 7 nitrogen and oxygen atoms in total. The van der Waals surface area contributed by atoms with Crippen molar-refractivity contribution in [1.29, 1.82) is 0 Å². The second-order valence-electron chi connectivity index (χ2n) is 4.05. The summed E-state index contributed by atoms with van der Waals surface area (Å²) in [5.74, 6) is -1.48. The number of phenols is 1. The Kier molecular flexibility index (Phi) is 5.66. The van der Waals surface area contributed by atoms with Crippen LogP contribution < -0.4 is 34.7 Å². The fraction of sp³-hybridized carbons (Fsp3) is 0. The van der Waals surface area contributed by atoms with E-state index >= 15 is 0 Å². The minimum atomic E-state index is -4.77. The third-order valence-electron chi connectivity index (χ3n) is 2.66. The van der Waals surface area contributed by atoms with Crippen molar-refractivity contribution in [3.63, 3.8) is 0 Å². The third-order valence-corrected chi connectivity index (χ3v) is 5.35. The molecule has 0 radical (unpaired) electrons. The monoisotopic (exact) mass is 352 g/mol. The average molecular weight is 352 g/mol. The number of hydrogen-bond acceptors (Lipinski definition) is 6. The Morgan fingerprint density at radius 3 is 1.86 bits per heavy atom. The first kappa shape index (κ1) is 18.9. The number of para-hydroxylation sites is 1. The molecule has 0 aromatic heterocycles. The van der Waals surface area contributed by atoms with E-state index in [1.54, 1.807) is 0 Å². The van der Waals surface area contributed by atoms with Crippen LogP contribution in [0.1, 0.15) is 0 Å². The maximum absolute atomic E-state index is 12.3. The second-order valence-corrected chi connectivity index (χ2v) is 7.36. The molecule has 0 fully saturated rings. The first-order chi connectivity index (χ1) is 9.64. The maximum Gasteiger partial charge on any atom is 1.00 e. The van der Waals surface area contributed by atoms with E-state index in [1.807, 2.05) is 0 Å². The van der Waals surface area contributed by atoms with E-state index < -0.39 is 41.2 Å². The van der Waals surface area contributed by atoms with Crippen molar-refractivity contribution in [2.45, 2.75) is 14.7 Å². The molecule has 2 rings (SSSR count). The number of benzene rings is 2. The summed E-state index contributed by atoms with van der Waals surface area (Å²) in [7, 11) is -9.00. The molecule has 0 spiro atoms. The molecule has 0 atom stereocenters. The zero-order chi connectivity index (χ0) is 15.8. The molecule has 0 aliphatic heterocycles. The van der Waals surface area contributed by atoms with Crippen molar-refractivity contribution >= 4 is 20.0 Å². The smallest absolute Gasteiger partial charge is 0.872 e. The molecule has 0 heterocycles. The zero-order valence-electron chi connectivity index (χ0n) is 11.3. The molecule has 2 N–H and O–H groups in total. The Labute approximate surface area is 149 Å². The number of phenolic OH excluding ortho intramolecular Hbond substituents is 1. The fourth-order valence-electron chi connectivity index (χ4n) is 1.67. The summed E-state index contributed by atoms with van der Waals surface area (Å²) in [5, 5.41) is 20.8. The van der Waals surface area contributed by atoms with E-state index in [1.165, 1.54) is 0 Å². The van der Waals surface area contributed by atoms with Gasteiger partial charge in [-0.05, 0) is 24.3 Å². The first-order valence-corrected chi connectivity index (χ1v) is 8.38. The molecule has 0 saturated carbocycles. The summed E-state index contributed by atoms with van der Waals surface area (Å²) in [6.45, 7) is 0. The molecule has 10 heteroatoms. The van der Waals surface area contributed by atoms with Gasteiger partial charge in [0.2, 0.25) is 9.84 Å². The summed E-state index contributed by atoms with van der Waals surface area (Å²) in [6, 6.07) is 7.05. The number of aromatic hydroxyl groups is 1. The van der Waals surface area contributed by atoms with Crippen molar-refractivity contribution in [2.75, 3.05) is 0 Å². The predicted octanol–water partition coefficient (Wildman–Crippen LogP) is -2.45. The van der Waals surface area contributed by atoms with E-state index in [9.17, 15) is 27.0 Å². The first-order valence-electron chi connectivity index (χ1n) is 5.45. The van der Waals surface area contributed by atoms with Crippen LogP contribution in [-0.4, -0.2) is 26.5 Å². The van der Waals surface area contributed by atoms with Crippen molar-refractivity contribution in [3.05, 3.63) is 42.5 Å². The van der Waals surface area contributed by atoms with E-state index in [2.05, 4.69) is 0 Å². The second kappa shape index (κ2) is 6.57. The number of rotatable bonds is 3. The van der Waals surface area contributed by atoms with Crippen molar-refractivity contribution in [2.24, 2.45) is 0 Å². The van der Waals surface area contributed by atoms with Crippen LogP contribution in [0.25, 0.3) is 0 Å². The van der Waals surface area contributed by atoms with Crippen molar-refractivity contribution in [3.8, 4) is 11.5 Å². The van der Waals surface area contributed by atoms with Crippen LogP contribution >= 0.6 is 0 Å². The normalized spacial score (nSPS) is 11.7. The topological polar surface area (TPSA) is 132 Å². The van der Waals surface area contributed by atoms with E-state index in [0.29, 0.717) is 0 Å². The van der Waals surface area contributed by atoms with E-state index in [-0.39, 0.29) is 34.5 Å². The molecular weight excluding hydrogens is 343 g/mol. The molecule has 0 bridgehead atoms. The van der Waals surface area contributed by atoms with Gasteiger partial charge in [-0.2, -0.15) is 8.42 Å². The van der Waals surface area contributed by atoms with E-state index in [0.717, 1.165) is 42.5 Å². The number of hydrogen-bond donors (Lipinski definition) is 2. The molecule has 112 valence electrons. The molecule has 2 aromatic rings. The SMILES string of the molecule is O=S(=O)(O)c1cccc(S(=O)(=O)c2ccc([O-])cc2)c1O.[Na+]. The maximum atomic E-state index is 12.3. The molecular formula is C12H9NaO7S2. The molecule has 0 aliphatic carbocycles. The quantitative estimate of drug-likeness (QED) is 0.463. The molecule has 0 amide bonds. The van der Waals surface area contributed by atoms with Crippen LogP contribution in [0.3, 0.4) is 0 Å². The van der Waals surface area contributed by atoms with Crippen LogP contribution in [0.5, 0.6) is 11.5 Å². The van der Waals surface area contributed by atoms with Gasteiger partial charge in [0.05, 0.1) is 4.90 Å². The Morgan fingerprint density at radius 2 is 1.36 bits per heavy atom. The Morgan fingerprint density at radius 1 is 0.864 bits per heavy atom. The molecule has 0 unspecified atom stereocenters. The Hall–Kier alpha value is -1.10. The van der Waals surface area contributed by atoms with Crippen LogP contribution in [0.4, 0.5) is 0 Å². The van der Waals surface area contributed by atoms with Gasteiger partial charge in [-0.3, -0.25) is 4.55 Å². The van der Waals surface area contributed by atoms with Crippen LogP contribution in [0, 0.1) is 0 Å². The van der Waals surface area contributed by atoms with Gasteiger partial charge in [0.15, 0.2) is 5.75 Å². The minimum absolute atomic E-state index is 0. The van der Waals surface area contributed by atoms with Gasteiger partial charge >= 0.3 is 29.6 Å². The largest absolute Gasteiger partial charge is 1.00 e. The van der Waals surface area contributed by atoms with Gasteiger partial charge < -0.3 is 10.2 Å². The molecule has 0 saturated heterocycles. The standard InChI is InChI=1S/C12H10O7S2.Na/c13-8-4-6-9(7-5-8)20(15,16)10-2-1-3-11(12(10)14)21(17,18)19;/h1-7,13-14H,(H,17,18,19);/q;+1/p-1. The van der Waals surface area contributed by atoms with Crippen molar-refractivity contribution < 1.29 is 61.2 Å². The Balaban J connectivity index is 0.00000242. The summed E-state index contributed by atoms with van der Waals surface area (Å²) in [4.78, 5) is -1.88. The average Bonchev–Trinajstić information content (AvgIpc) is 2.37. The van der Waals surface area contributed by atoms with E-state index in [4.69, 9.17) is 4.55 Å². The summed E-state index contributed by atoms with van der Waals surface area (Å²) in [6.07, 6.45) is 0. The summed E-state index contributed by atoms with van der Waals surface area (Å²) >= 11 is 0. The molecule has 0 aliphatic rings. The van der Waals surface area contributed by atoms with Crippen LogP contribution in [0.2, 0.25) is 0 Å². The summed E-state index contributed by atoms with van der Waals surface area (Å²) in [5.41, 5.74) is 0. The minimum Gasteiger partial charge on any atom is -0.872 e. The fourth-order valence-corrected chi connectivity index (χ4v) is 3.71. The van der Waals surface area contributed by atoms with Gasteiger partial charge in [0, 0.05) is 0 Å². The zero-order valence-corrected chi connectivity index (χ0v) is 14.9. The van der Waals surface area contributed by atoms with Crippen LogP contribution in [-0.2, 0) is 20.0 Å². The predicted molar refractivity (Wildman–Crippen MR) is 69.3 cm³/mol. The molecule has 22 heavy (non-hydrogen) atoms. The van der Waals surface area contributed by atoms with Gasteiger partial charge in [-0.15, -0.1) is 5.75 Å². The van der Waals surface area contributed by atoms with Gasteiger partial charge in [0.25, 0.3) is 10.1 Å². The van der Waals surface area contributed by atoms with Crippen LogP contribution in [0.15, 0.2) is 57.2 Å².